The smallest absolute Gasteiger partial charge is 0.0315 e. The Hall–Kier alpha value is 0. The number of rotatable bonds is 1. The Morgan fingerprint density at radius 2 is 0.605 bits per heavy atom. The van der Waals surface area contributed by atoms with E-state index in [-0.39, 0.29) is 0 Å². The molecule has 13 aliphatic rings. The Morgan fingerprint density at radius 1 is 0.316 bits per heavy atom. The zero-order chi connectivity index (χ0) is 24.1. The zero-order valence-corrected chi connectivity index (χ0v) is 24.1. The van der Waals surface area contributed by atoms with E-state index in [0.29, 0.717) is 0 Å². The number of fused-ring (bicyclic) bond motifs is 39. The van der Waals surface area contributed by atoms with Crippen molar-refractivity contribution in [1.82, 2.24) is 0 Å². The molecule has 24 unspecified atom stereocenters. The molecule has 0 aromatic carbocycles. The highest BCUT2D eigenvalue weighted by atomic mass is 14.9. The lowest BCUT2D eigenvalue weighted by Gasteiger charge is -2.51. The largest absolute Gasteiger partial charge is 0.0625 e. The maximum atomic E-state index is 2.72. The molecule has 13 rings (SSSR count). The van der Waals surface area contributed by atoms with E-state index in [4.69, 9.17) is 0 Å². The molecule has 0 N–H and O–H groups in total. The Balaban J connectivity index is 0.908. The summed E-state index contributed by atoms with van der Waals surface area (Å²) in [4.78, 5) is 0. The first-order valence-corrected chi connectivity index (χ1v) is 18.7. The third-order valence-corrected chi connectivity index (χ3v) is 20.1. The maximum Gasteiger partial charge on any atom is -0.0315 e. The van der Waals surface area contributed by atoms with Gasteiger partial charge in [0.25, 0.3) is 0 Å². The Kier molecular flexibility index (Phi) is 3.39. The second-order valence-electron chi connectivity index (χ2n) is 19.7. The summed E-state index contributed by atoms with van der Waals surface area (Å²) in [5.74, 6) is 31.3. The molecule has 0 nitrogen and oxygen atoms in total. The van der Waals surface area contributed by atoms with Gasteiger partial charge in [0.05, 0.1) is 0 Å². The van der Waals surface area contributed by atoms with Gasteiger partial charge < -0.3 is 0 Å². The lowest BCUT2D eigenvalue weighted by Crippen LogP contribution is -2.47. The average Bonchev–Trinajstić information content (AvgIpc) is 3.79. The molecule has 0 aromatic heterocycles. The topological polar surface area (TPSA) is 0 Å². The fraction of sp³-hybridized carbons (Fsp3) is 1.00. The van der Waals surface area contributed by atoms with Crippen LogP contribution < -0.4 is 0 Å². The van der Waals surface area contributed by atoms with Crippen molar-refractivity contribution < 1.29 is 0 Å². The van der Waals surface area contributed by atoms with E-state index >= 15 is 0 Å². The molecule has 204 valence electrons. The van der Waals surface area contributed by atoms with Crippen LogP contribution in [0.5, 0.6) is 0 Å². The zero-order valence-electron chi connectivity index (χ0n) is 24.1. The molecular weight excluding hydrogens is 456 g/mol. The van der Waals surface area contributed by atoms with Crippen LogP contribution in [0.15, 0.2) is 0 Å². The van der Waals surface area contributed by atoms with Gasteiger partial charge in [-0.25, -0.2) is 0 Å². The molecule has 0 radical (unpaired) electrons. The summed E-state index contributed by atoms with van der Waals surface area (Å²) < 4.78 is 0. The fourth-order valence-electron chi connectivity index (χ4n) is 21.1. The van der Waals surface area contributed by atoms with Gasteiger partial charge >= 0.3 is 0 Å². The van der Waals surface area contributed by atoms with E-state index in [0.717, 1.165) is 11.8 Å². The third kappa shape index (κ3) is 1.86. The first kappa shape index (κ1) is 20.8. The molecule has 0 spiro atoms. The van der Waals surface area contributed by atoms with Crippen molar-refractivity contribution in [2.45, 2.75) is 78.1 Å². The van der Waals surface area contributed by atoms with Crippen LogP contribution in [0.2, 0.25) is 0 Å². The molecule has 0 saturated heterocycles. The monoisotopic (exact) mass is 508 g/mol. The third-order valence-electron chi connectivity index (χ3n) is 20.1. The van der Waals surface area contributed by atoms with Crippen molar-refractivity contribution in [1.29, 1.82) is 0 Å². The lowest BCUT2D eigenvalue weighted by molar-refractivity contribution is -0.0408. The predicted octanol–water partition coefficient (Wildman–Crippen LogP) is 8.13. The van der Waals surface area contributed by atoms with Gasteiger partial charge in [0.15, 0.2) is 0 Å². The SMILES string of the molecule is CC(C)C1C2C3CC(C4C5CC(C6C7CCC(C7)C56)C34)C2C2C3CC(C4C5CC(C6C7CCC(C7)C56)C34)C12. The Morgan fingerprint density at radius 3 is 0.921 bits per heavy atom. The molecule has 13 fully saturated rings. The lowest BCUT2D eigenvalue weighted by atomic mass is 9.54. The highest BCUT2D eigenvalue weighted by molar-refractivity contribution is 5.29. The van der Waals surface area contributed by atoms with Crippen molar-refractivity contribution in [3.8, 4) is 0 Å². The number of hydrogen-bond acceptors (Lipinski definition) is 0. The van der Waals surface area contributed by atoms with Gasteiger partial charge in [-0.2, -0.15) is 0 Å². The van der Waals surface area contributed by atoms with Crippen LogP contribution in [0.25, 0.3) is 0 Å². The van der Waals surface area contributed by atoms with Crippen molar-refractivity contribution in [3.63, 3.8) is 0 Å². The predicted molar refractivity (Wildman–Crippen MR) is 148 cm³/mol. The molecule has 24 atom stereocenters. The average molecular weight is 509 g/mol. The van der Waals surface area contributed by atoms with Crippen LogP contribution in [0.3, 0.4) is 0 Å². The molecule has 0 aromatic rings. The minimum atomic E-state index is 0.968. The van der Waals surface area contributed by atoms with E-state index < -0.39 is 0 Å². The summed E-state index contributed by atoms with van der Waals surface area (Å²) in [6.07, 6.45) is 16.9. The van der Waals surface area contributed by atoms with Gasteiger partial charge in [-0.3, -0.25) is 0 Å². The first-order valence-electron chi connectivity index (χ1n) is 18.7. The fourth-order valence-corrected chi connectivity index (χ4v) is 21.1. The van der Waals surface area contributed by atoms with Gasteiger partial charge in [0.1, 0.15) is 0 Å². The molecule has 0 aliphatic heterocycles. The quantitative estimate of drug-likeness (QED) is 0.314. The van der Waals surface area contributed by atoms with E-state index in [1.807, 2.05) is 0 Å². The summed E-state index contributed by atoms with van der Waals surface area (Å²) in [6.45, 7) is 5.44. The first-order chi connectivity index (χ1) is 18.7. The molecule has 13 aliphatic carbocycles. The van der Waals surface area contributed by atoms with Crippen LogP contribution in [-0.2, 0) is 0 Å². The van der Waals surface area contributed by atoms with Crippen molar-refractivity contribution >= 4 is 0 Å². The van der Waals surface area contributed by atoms with Crippen LogP contribution in [0.1, 0.15) is 78.1 Å². The van der Waals surface area contributed by atoms with Gasteiger partial charge in [-0.15, -0.1) is 0 Å². The molecule has 0 amide bonds. The van der Waals surface area contributed by atoms with E-state index in [2.05, 4.69) is 13.8 Å². The van der Waals surface area contributed by atoms with Crippen molar-refractivity contribution in [3.05, 3.63) is 0 Å². The summed E-state index contributed by atoms with van der Waals surface area (Å²) in [7, 11) is 0. The second kappa shape index (κ2) is 6.19. The van der Waals surface area contributed by atoms with Gasteiger partial charge in [0, 0.05) is 0 Å². The maximum absolute atomic E-state index is 2.72. The van der Waals surface area contributed by atoms with Crippen LogP contribution in [0, 0.1) is 154 Å². The van der Waals surface area contributed by atoms with Gasteiger partial charge in [-0.1, -0.05) is 13.8 Å². The van der Waals surface area contributed by atoms with Crippen LogP contribution >= 0.6 is 0 Å². The molecule has 38 heavy (non-hydrogen) atoms. The van der Waals surface area contributed by atoms with Crippen molar-refractivity contribution in [2.24, 2.45) is 154 Å². The highest BCUT2D eigenvalue weighted by Crippen LogP contribution is 2.86. The minimum absolute atomic E-state index is 0.968. The second-order valence-corrected chi connectivity index (χ2v) is 19.7. The minimum Gasteiger partial charge on any atom is -0.0625 e. The molecule has 0 heteroatoms. The Labute approximate surface area is 231 Å². The molecular formula is C38H52. The van der Waals surface area contributed by atoms with Crippen LogP contribution in [0.4, 0.5) is 0 Å². The Bertz CT molecular complexity index is 1050. The van der Waals surface area contributed by atoms with Crippen molar-refractivity contribution in [2.75, 3.05) is 0 Å². The van der Waals surface area contributed by atoms with Gasteiger partial charge in [-0.05, 0) is 218 Å². The summed E-state index contributed by atoms with van der Waals surface area (Å²) in [5, 5.41) is 0. The van der Waals surface area contributed by atoms with E-state index in [1.54, 1.807) is 64.2 Å². The van der Waals surface area contributed by atoms with E-state index in [1.165, 1.54) is 142 Å². The highest BCUT2D eigenvalue weighted by Gasteiger charge is 2.81. The molecule has 13 saturated carbocycles. The van der Waals surface area contributed by atoms with Crippen LogP contribution in [-0.4, -0.2) is 0 Å². The number of hydrogen-bond donors (Lipinski definition) is 0. The summed E-state index contributed by atoms with van der Waals surface area (Å²) in [6, 6.07) is 0. The molecule has 12 bridgehead atoms. The summed E-state index contributed by atoms with van der Waals surface area (Å²) >= 11 is 0. The van der Waals surface area contributed by atoms with E-state index in [9.17, 15) is 0 Å². The van der Waals surface area contributed by atoms with Gasteiger partial charge in [0.2, 0.25) is 0 Å². The normalized spacial score (nSPS) is 78.2. The molecule has 0 heterocycles. The standard InChI is InChI=1S/C38H52/c1-13(2)26-35-22-11-24(33-20-9-18(31(22)33)27-14-3-5-16(7-14)29(20)27)37(35)38-25-12-23(36(26)38)32-19-10-21(34(25)32)30-17-6-4-15(8-17)28(19)30/h13-38H,3-12H2,1-2H3. The summed E-state index contributed by atoms with van der Waals surface area (Å²) in [5.41, 5.74) is 0.